The number of benzene rings is 1. The summed E-state index contributed by atoms with van der Waals surface area (Å²) in [6.45, 7) is 4.21. The Hall–Kier alpha value is -1.55. The summed E-state index contributed by atoms with van der Waals surface area (Å²) in [5.74, 6) is 0.352. The van der Waals surface area contributed by atoms with Gasteiger partial charge in [-0.2, -0.15) is 0 Å². The average Bonchev–Trinajstić information content (AvgIpc) is 2.88. The number of urea groups is 1. The highest BCUT2D eigenvalue weighted by Crippen LogP contribution is 2.29. The SMILES string of the molecule is CC(C)c1ccccc1NC(=O)NC1(CO)CCCC1. The summed E-state index contributed by atoms with van der Waals surface area (Å²) in [5.41, 5.74) is 1.52. The van der Waals surface area contributed by atoms with Crippen LogP contribution in [0, 0.1) is 0 Å². The van der Waals surface area contributed by atoms with Crippen molar-refractivity contribution in [1.29, 1.82) is 0 Å². The molecule has 1 aliphatic rings. The molecule has 2 rings (SSSR count). The first-order valence-corrected chi connectivity index (χ1v) is 7.35. The standard InChI is InChI=1S/C16H24N2O2/c1-12(2)13-7-3-4-8-14(13)17-15(20)18-16(11-19)9-5-6-10-16/h3-4,7-8,12,19H,5-6,9-11H2,1-2H3,(H2,17,18,20). The van der Waals surface area contributed by atoms with Gasteiger partial charge in [-0.15, -0.1) is 0 Å². The van der Waals surface area contributed by atoms with E-state index in [1.807, 2.05) is 24.3 Å². The van der Waals surface area contributed by atoms with E-state index >= 15 is 0 Å². The van der Waals surface area contributed by atoms with Crippen LogP contribution in [0.25, 0.3) is 0 Å². The molecule has 0 atom stereocenters. The van der Waals surface area contributed by atoms with Gasteiger partial charge in [0.15, 0.2) is 0 Å². The van der Waals surface area contributed by atoms with Gasteiger partial charge in [-0.3, -0.25) is 0 Å². The van der Waals surface area contributed by atoms with Crippen LogP contribution in [0.3, 0.4) is 0 Å². The van der Waals surface area contributed by atoms with Crippen molar-refractivity contribution in [3.63, 3.8) is 0 Å². The number of hydrogen-bond acceptors (Lipinski definition) is 2. The number of carbonyl (C=O) groups excluding carboxylic acids is 1. The van der Waals surface area contributed by atoms with E-state index < -0.39 is 5.54 Å². The summed E-state index contributed by atoms with van der Waals surface area (Å²) in [5, 5.41) is 15.4. The fourth-order valence-electron chi connectivity index (χ4n) is 2.88. The van der Waals surface area contributed by atoms with Crippen LogP contribution in [0.5, 0.6) is 0 Å². The lowest BCUT2D eigenvalue weighted by atomic mass is 9.99. The Morgan fingerprint density at radius 3 is 2.55 bits per heavy atom. The van der Waals surface area contributed by atoms with Crippen molar-refractivity contribution in [2.45, 2.75) is 51.0 Å². The van der Waals surface area contributed by atoms with Crippen molar-refractivity contribution in [3.8, 4) is 0 Å². The lowest BCUT2D eigenvalue weighted by Gasteiger charge is -2.28. The maximum Gasteiger partial charge on any atom is 0.319 e. The summed E-state index contributed by atoms with van der Waals surface area (Å²) in [6.07, 6.45) is 3.82. The number of carbonyl (C=O) groups is 1. The molecule has 4 heteroatoms. The van der Waals surface area contributed by atoms with Crippen LogP contribution < -0.4 is 10.6 Å². The summed E-state index contributed by atoms with van der Waals surface area (Å²) in [6, 6.07) is 7.60. The van der Waals surface area contributed by atoms with Gasteiger partial charge in [0, 0.05) is 5.69 Å². The van der Waals surface area contributed by atoms with Gasteiger partial charge in [-0.25, -0.2) is 4.79 Å². The number of nitrogens with one attached hydrogen (secondary N) is 2. The van der Waals surface area contributed by atoms with E-state index in [1.54, 1.807) is 0 Å². The minimum absolute atomic E-state index is 0.00620. The van der Waals surface area contributed by atoms with Gasteiger partial charge >= 0.3 is 6.03 Å². The predicted octanol–water partition coefficient (Wildman–Crippen LogP) is 3.24. The molecule has 1 aromatic carbocycles. The molecule has 2 amide bonds. The Morgan fingerprint density at radius 2 is 1.95 bits per heavy atom. The van der Waals surface area contributed by atoms with Crippen LogP contribution in [0.15, 0.2) is 24.3 Å². The number of rotatable bonds is 4. The average molecular weight is 276 g/mol. The minimum atomic E-state index is -0.434. The maximum absolute atomic E-state index is 12.2. The van der Waals surface area contributed by atoms with E-state index in [2.05, 4.69) is 24.5 Å². The molecular formula is C16H24N2O2. The molecule has 1 saturated carbocycles. The second kappa shape index (κ2) is 6.27. The van der Waals surface area contributed by atoms with Crippen LogP contribution >= 0.6 is 0 Å². The molecule has 0 radical (unpaired) electrons. The first-order valence-electron chi connectivity index (χ1n) is 7.35. The molecule has 1 aromatic rings. The van der Waals surface area contributed by atoms with Gasteiger partial charge in [0.05, 0.1) is 12.1 Å². The summed E-state index contributed by atoms with van der Waals surface area (Å²) in [4.78, 5) is 12.2. The van der Waals surface area contributed by atoms with Gasteiger partial charge in [0.2, 0.25) is 0 Å². The number of hydrogen-bond donors (Lipinski definition) is 3. The molecule has 0 saturated heterocycles. The fourth-order valence-corrected chi connectivity index (χ4v) is 2.88. The molecule has 0 spiro atoms. The highest BCUT2D eigenvalue weighted by atomic mass is 16.3. The Bertz CT molecular complexity index is 465. The van der Waals surface area contributed by atoms with Crippen molar-refractivity contribution >= 4 is 11.7 Å². The monoisotopic (exact) mass is 276 g/mol. The van der Waals surface area contributed by atoms with Crippen molar-refractivity contribution in [3.05, 3.63) is 29.8 Å². The molecule has 1 fully saturated rings. The molecule has 4 nitrogen and oxygen atoms in total. The molecule has 20 heavy (non-hydrogen) atoms. The molecule has 0 aliphatic heterocycles. The van der Waals surface area contributed by atoms with Crippen molar-refractivity contribution in [2.24, 2.45) is 0 Å². The van der Waals surface area contributed by atoms with Crippen molar-refractivity contribution in [2.75, 3.05) is 11.9 Å². The zero-order valence-electron chi connectivity index (χ0n) is 12.3. The van der Waals surface area contributed by atoms with Crippen molar-refractivity contribution in [1.82, 2.24) is 5.32 Å². The van der Waals surface area contributed by atoms with Gasteiger partial charge in [0.25, 0.3) is 0 Å². The molecular weight excluding hydrogens is 252 g/mol. The van der Waals surface area contributed by atoms with Crippen LogP contribution in [-0.4, -0.2) is 23.3 Å². The lowest BCUT2D eigenvalue weighted by molar-refractivity contribution is 0.167. The zero-order valence-corrected chi connectivity index (χ0v) is 12.3. The zero-order chi connectivity index (χ0) is 14.6. The quantitative estimate of drug-likeness (QED) is 0.790. The predicted molar refractivity (Wildman–Crippen MR) is 81.0 cm³/mol. The van der Waals surface area contributed by atoms with Crippen LogP contribution in [0.4, 0.5) is 10.5 Å². The fraction of sp³-hybridized carbons (Fsp3) is 0.562. The number of amides is 2. The number of para-hydroxylation sites is 1. The summed E-state index contributed by atoms with van der Waals surface area (Å²) < 4.78 is 0. The normalized spacial score (nSPS) is 17.2. The smallest absolute Gasteiger partial charge is 0.319 e. The van der Waals surface area contributed by atoms with Gasteiger partial charge < -0.3 is 15.7 Å². The number of anilines is 1. The van der Waals surface area contributed by atoms with E-state index in [1.165, 1.54) is 0 Å². The molecule has 0 heterocycles. The number of aliphatic hydroxyl groups excluding tert-OH is 1. The van der Waals surface area contributed by atoms with Gasteiger partial charge in [0.1, 0.15) is 0 Å². The molecule has 0 aromatic heterocycles. The van der Waals surface area contributed by atoms with Gasteiger partial charge in [-0.1, -0.05) is 44.9 Å². The second-order valence-corrected chi connectivity index (χ2v) is 5.97. The van der Waals surface area contributed by atoms with Crippen LogP contribution in [0.1, 0.15) is 51.0 Å². The molecule has 1 aliphatic carbocycles. The number of aliphatic hydroxyl groups is 1. The van der Waals surface area contributed by atoms with Gasteiger partial charge in [-0.05, 0) is 30.4 Å². The van der Waals surface area contributed by atoms with Crippen molar-refractivity contribution < 1.29 is 9.90 Å². The Kier molecular flexibility index (Phi) is 4.65. The first-order chi connectivity index (χ1) is 9.56. The Morgan fingerprint density at radius 1 is 1.30 bits per heavy atom. The first kappa shape index (κ1) is 14.9. The van der Waals surface area contributed by atoms with E-state index in [0.717, 1.165) is 36.9 Å². The van der Waals surface area contributed by atoms with E-state index in [-0.39, 0.29) is 12.6 Å². The van der Waals surface area contributed by atoms with E-state index in [0.29, 0.717) is 5.92 Å². The third kappa shape index (κ3) is 3.31. The molecule has 110 valence electrons. The summed E-state index contributed by atoms with van der Waals surface area (Å²) >= 11 is 0. The lowest BCUT2D eigenvalue weighted by Crippen LogP contribution is -2.50. The summed E-state index contributed by atoms with van der Waals surface area (Å²) in [7, 11) is 0. The second-order valence-electron chi connectivity index (χ2n) is 5.97. The van der Waals surface area contributed by atoms with E-state index in [4.69, 9.17) is 0 Å². The maximum atomic E-state index is 12.2. The highest BCUT2D eigenvalue weighted by molar-refractivity contribution is 5.90. The third-order valence-electron chi connectivity index (χ3n) is 4.07. The molecule has 3 N–H and O–H groups in total. The molecule has 0 unspecified atom stereocenters. The minimum Gasteiger partial charge on any atom is -0.394 e. The topological polar surface area (TPSA) is 61.4 Å². The van der Waals surface area contributed by atoms with Crippen LogP contribution in [-0.2, 0) is 0 Å². The van der Waals surface area contributed by atoms with E-state index in [9.17, 15) is 9.90 Å². The Balaban J connectivity index is 2.05. The Labute approximate surface area is 120 Å². The molecule has 0 bridgehead atoms. The largest absolute Gasteiger partial charge is 0.394 e. The van der Waals surface area contributed by atoms with Crippen LogP contribution in [0.2, 0.25) is 0 Å². The highest BCUT2D eigenvalue weighted by Gasteiger charge is 2.34. The third-order valence-corrected chi connectivity index (χ3v) is 4.07.